The van der Waals surface area contributed by atoms with Crippen molar-refractivity contribution in [3.63, 3.8) is 0 Å². The van der Waals surface area contributed by atoms with Gasteiger partial charge in [0, 0.05) is 24.7 Å². The molecule has 5 heteroatoms. The predicted molar refractivity (Wildman–Crippen MR) is 84.6 cm³/mol. The Balaban J connectivity index is 2.31. The standard InChI is InChI=1S/C15H19ClN4/c1-10-14(17-3)18-9-19-15(10)20(4)11(2)12-5-7-13(16)8-6-12/h5-9,11H,1-4H3,(H,17,18,19). The van der Waals surface area contributed by atoms with Crippen LogP contribution in [0.4, 0.5) is 11.6 Å². The average Bonchev–Trinajstić information content (AvgIpc) is 2.47. The van der Waals surface area contributed by atoms with Crippen molar-refractivity contribution < 1.29 is 0 Å². The lowest BCUT2D eigenvalue weighted by Gasteiger charge is -2.28. The van der Waals surface area contributed by atoms with Crippen LogP contribution in [-0.4, -0.2) is 24.1 Å². The van der Waals surface area contributed by atoms with Gasteiger partial charge in [-0.25, -0.2) is 9.97 Å². The molecule has 106 valence electrons. The normalized spacial score (nSPS) is 12.1. The van der Waals surface area contributed by atoms with Gasteiger partial charge in [-0.1, -0.05) is 23.7 Å². The highest BCUT2D eigenvalue weighted by atomic mass is 35.5. The van der Waals surface area contributed by atoms with Gasteiger partial charge in [0.2, 0.25) is 0 Å². The molecule has 1 heterocycles. The zero-order chi connectivity index (χ0) is 14.7. The van der Waals surface area contributed by atoms with Crippen molar-refractivity contribution in [2.24, 2.45) is 0 Å². The Morgan fingerprint density at radius 1 is 1.20 bits per heavy atom. The van der Waals surface area contributed by atoms with Crippen LogP contribution >= 0.6 is 11.6 Å². The van der Waals surface area contributed by atoms with Gasteiger partial charge in [-0.15, -0.1) is 0 Å². The molecule has 0 saturated carbocycles. The molecular weight excluding hydrogens is 272 g/mol. The van der Waals surface area contributed by atoms with Gasteiger partial charge in [0.25, 0.3) is 0 Å². The third-order valence-electron chi connectivity index (χ3n) is 3.56. The molecule has 0 spiro atoms. The Bertz CT molecular complexity index is 583. The van der Waals surface area contributed by atoms with Gasteiger partial charge in [0.1, 0.15) is 18.0 Å². The Kier molecular flexibility index (Phi) is 4.45. The average molecular weight is 291 g/mol. The zero-order valence-corrected chi connectivity index (χ0v) is 12.9. The number of nitrogens with zero attached hydrogens (tertiary/aromatic N) is 3. The molecule has 0 bridgehead atoms. The van der Waals surface area contributed by atoms with Gasteiger partial charge < -0.3 is 10.2 Å². The summed E-state index contributed by atoms with van der Waals surface area (Å²) in [7, 11) is 3.90. The van der Waals surface area contributed by atoms with Crippen LogP contribution in [0.1, 0.15) is 24.1 Å². The molecule has 0 aliphatic rings. The molecule has 0 fully saturated rings. The van der Waals surface area contributed by atoms with Crippen molar-refractivity contribution in [3.8, 4) is 0 Å². The summed E-state index contributed by atoms with van der Waals surface area (Å²) in [6, 6.07) is 8.10. The van der Waals surface area contributed by atoms with E-state index in [1.807, 2.05) is 45.3 Å². The lowest BCUT2D eigenvalue weighted by molar-refractivity contribution is 0.724. The highest BCUT2D eigenvalue weighted by Gasteiger charge is 2.17. The number of aromatic nitrogens is 2. The lowest BCUT2D eigenvalue weighted by atomic mass is 10.1. The third-order valence-corrected chi connectivity index (χ3v) is 3.81. The van der Waals surface area contributed by atoms with Crippen molar-refractivity contribution in [2.75, 3.05) is 24.3 Å². The first-order chi connectivity index (χ1) is 9.54. The van der Waals surface area contributed by atoms with Gasteiger partial charge in [-0.3, -0.25) is 0 Å². The molecule has 4 nitrogen and oxygen atoms in total. The van der Waals surface area contributed by atoms with Crippen LogP contribution in [-0.2, 0) is 0 Å². The number of halogens is 1. The second kappa shape index (κ2) is 6.09. The van der Waals surface area contributed by atoms with Crippen LogP contribution in [0.25, 0.3) is 0 Å². The number of nitrogens with one attached hydrogen (secondary N) is 1. The molecule has 1 N–H and O–H groups in total. The maximum atomic E-state index is 5.94. The van der Waals surface area contributed by atoms with E-state index < -0.39 is 0 Å². The summed E-state index contributed by atoms with van der Waals surface area (Å²) in [6.45, 7) is 4.16. The Labute approximate surface area is 124 Å². The molecule has 1 aromatic carbocycles. The first-order valence-electron chi connectivity index (χ1n) is 6.52. The van der Waals surface area contributed by atoms with Crippen molar-refractivity contribution in [1.82, 2.24) is 9.97 Å². The number of hydrogen-bond acceptors (Lipinski definition) is 4. The van der Waals surface area contributed by atoms with Gasteiger partial charge in [0.15, 0.2) is 0 Å². The quantitative estimate of drug-likeness (QED) is 0.933. The number of rotatable bonds is 4. The second-order valence-electron chi connectivity index (χ2n) is 4.76. The molecule has 0 amide bonds. The van der Waals surface area contributed by atoms with E-state index in [-0.39, 0.29) is 6.04 Å². The van der Waals surface area contributed by atoms with Gasteiger partial charge >= 0.3 is 0 Å². The largest absolute Gasteiger partial charge is 0.373 e. The van der Waals surface area contributed by atoms with Crippen molar-refractivity contribution in [3.05, 3.63) is 46.7 Å². The molecule has 1 atom stereocenters. The molecule has 0 aliphatic heterocycles. The van der Waals surface area contributed by atoms with Crippen LogP contribution in [0, 0.1) is 6.92 Å². The SMILES string of the molecule is CNc1ncnc(N(C)C(C)c2ccc(Cl)cc2)c1C. The summed E-state index contributed by atoms with van der Waals surface area (Å²) in [5.74, 6) is 1.77. The number of benzene rings is 1. The van der Waals surface area contributed by atoms with Crippen molar-refractivity contribution in [1.29, 1.82) is 0 Å². The van der Waals surface area contributed by atoms with E-state index in [2.05, 4.69) is 27.1 Å². The number of anilines is 2. The lowest BCUT2D eigenvalue weighted by Crippen LogP contribution is -2.24. The van der Waals surface area contributed by atoms with Crippen LogP contribution < -0.4 is 10.2 Å². The molecule has 2 rings (SSSR count). The Morgan fingerprint density at radius 3 is 2.45 bits per heavy atom. The summed E-state index contributed by atoms with van der Waals surface area (Å²) < 4.78 is 0. The fourth-order valence-electron chi connectivity index (χ4n) is 2.20. The Hall–Kier alpha value is -1.81. The summed E-state index contributed by atoms with van der Waals surface area (Å²) in [6.07, 6.45) is 1.58. The third kappa shape index (κ3) is 2.85. The van der Waals surface area contributed by atoms with Gasteiger partial charge in [-0.2, -0.15) is 0 Å². The van der Waals surface area contributed by atoms with Crippen molar-refractivity contribution in [2.45, 2.75) is 19.9 Å². The first kappa shape index (κ1) is 14.6. The minimum Gasteiger partial charge on any atom is -0.373 e. The highest BCUT2D eigenvalue weighted by molar-refractivity contribution is 6.30. The molecular formula is C15H19ClN4. The Morgan fingerprint density at radius 2 is 1.85 bits per heavy atom. The molecule has 0 aliphatic carbocycles. The smallest absolute Gasteiger partial charge is 0.137 e. The fourth-order valence-corrected chi connectivity index (χ4v) is 2.32. The maximum Gasteiger partial charge on any atom is 0.137 e. The zero-order valence-electron chi connectivity index (χ0n) is 12.2. The van der Waals surface area contributed by atoms with Crippen LogP contribution in [0.2, 0.25) is 5.02 Å². The highest BCUT2D eigenvalue weighted by Crippen LogP contribution is 2.28. The van der Waals surface area contributed by atoms with E-state index in [9.17, 15) is 0 Å². The van der Waals surface area contributed by atoms with E-state index in [1.54, 1.807) is 6.33 Å². The van der Waals surface area contributed by atoms with Crippen LogP contribution in [0.5, 0.6) is 0 Å². The van der Waals surface area contributed by atoms with E-state index >= 15 is 0 Å². The molecule has 1 aromatic heterocycles. The van der Waals surface area contributed by atoms with E-state index in [0.29, 0.717) is 0 Å². The minimum absolute atomic E-state index is 0.200. The molecule has 1 unspecified atom stereocenters. The second-order valence-corrected chi connectivity index (χ2v) is 5.20. The summed E-state index contributed by atoms with van der Waals surface area (Å²) in [5, 5.41) is 3.83. The van der Waals surface area contributed by atoms with E-state index in [0.717, 1.165) is 22.2 Å². The van der Waals surface area contributed by atoms with Crippen molar-refractivity contribution >= 4 is 23.2 Å². The van der Waals surface area contributed by atoms with Gasteiger partial charge in [-0.05, 0) is 31.5 Å². The number of hydrogen-bond donors (Lipinski definition) is 1. The molecule has 0 radical (unpaired) electrons. The van der Waals surface area contributed by atoms with Crippen LogP contribution in [0.15, 0.2) is 30.6 Å². The topological polar surface area (TPSA) is 41.1 Å². The monoisotopic (exact) mass is 290 g/mol. The summed E-state index contributed by atoms with van der Waals surface area (Å²) >= 11 is 5.94. The maximum absolute atomic E-state index is 5.94. The van der Waals surface area contributed by atoms with E-state index in [4.69, 9.17) is 11.6 Å². The summed E-state index contributed by atoms with van der Waals surface area (Å²) in [5.41, 5.74) is 2.24. The van der Waals surface area contributed by atoms with E-state index in [1.165, 1.54) is 5.56 Å². The first-order valence-corrected chi connectivity index (χ1v) is 6.90. The van der Waals surface area contributed by atoms with Gasteiger partial charge in [0.05, 0.1) is 6.04 Å². The fraction of sp³-hybridized carbons (Fsp3) is 0.333. The molecule has 2 aromatic rings. The minimum atomic E-state index is 0.200. The molecule has 0 saturated heterocycles. The summed E-state index contributed by atoms with van der Waals surface area (Å²) in [4.78, 5) is 10.8. The predicted octanol–water partition coefficient (Wildman–Crippen LogP) is 3.68. The molecule has 20 heavy (non-hydrogen) atoms. The van der Waals surface area contributed by atoms with Crippen LogP contribution in [0.3, 0.4) is 0 Å².